The molecular weight excluding hydrogens is 256 g/mol. The number of nitrogens with one attached hydrogen (secondary N) is 1. The molecule has 0 saturated carbocycles. The maximum Gasteiger partial charge on any atom is 0.224 e. The molecule has 0 bridgehead atoms. The maximum atomic E-state index is 5.65. The standard InChI is InChI=1S/C14H24N4O2/c1-18(2)13-4-7-16-14(17-13)15-6-3-8-19-10-12-5-9-20-11-12/h4,7,12H,3,5-6,8-11H2,1-2H3,(H,15,16,17)/t12-/m0/s1. The molecule has 0 aromatic carbocycles. The van der Waals surface area contributed by atoms with E-state index in [1.807, 2.05) is 25.1 Å². The molecule has 0 spiro atoms. The van der Waals surface area contributed by atoms with Gasteiger partial charge in [0.25, 0.3) is 0 Å². The summed E-state index contributed by atoms with van der Waals surface area (Å²) in [5.41, 5.74) is 0. The maximum absolute atomic E-state index is 5.65. The monoisotopic (exact) mass is 280 g/mol. The van der Waals surface area contributed by atoms with Gasteiger partial charge in [-0.05, 0) is 18.9 Å². The summed E-state index contributed by atoms with van der Waals surface area (Å²) < 4.78 is 11.0. The lowest BCUT2D eigenvalue weighted by Crippen LogP contribution is -2.14. The topological polar surface area (TPSA) is 59.5 Å². The van der Waals surface area contributed by atoms with Crippen LogP contribution >= 0.6 is 0 Å². The van der Waals surface area contributed by atoms with Crippen molar-refractivity contribution in [3.05, 3.63) is 12.3 Å². The molecule has 1 N–H and O–H groups in total. The van der Waals surface area contributed by atoms with E-state index < -0.39 is 0 Å². The lowest BCUT2D eigenvalue weighted by Gasteiger charge is -2.12. The van der Waals surface area contributed by atoms with Gasteiger partial charge in [0, 0.05) is 46.0 Å². The fraction of sp³-hybridized carbons (Fsp3) is 0.714. The van der Waals surface area contributed by atoms with Crippen LogP contribution in [0.15, 0.2) is 12.3 Å². The highest BCUT2D eigenvalue weighted by Gasteiger charge is 2.15. The van der Waals surface area contributed by atoms with Crippen molar-refractivity contribution in [2.24, 2.45) is 5.92 Å². The van der Waals surface area contributed by atoms with Gasteiger partial charge in [0.05, 0.1) is 13.2 Å². The van der Waals surface area contributed by atoms with E-state index in [2.05, 4.69) is 15.3 Å². The van der Waals surface area contributed by atoms with Crippen molar-refractivity contribution in [1.29, 1.82) is 0 Å². The molecule has 1 aromatic rings. The second kappa shape index (κ2) is 8.01. The third kappa shape index (κ3) is 4.94. The Hall–Kier alpha value is -1.40. The Balaban J connectivity index is 1.57. The zero-order valence-corrected chi connectivity index (χ0v) is 12.3. The van der Waals surface area contributed by atoms with E-state index in [1.54, 1.807) is 6.20 Å². The van der Waals surface area contributed by atoms with Gasteiger partial charge in [0.1, 0.15) is 5.82 Å². The van der Waals surface area contributed by atoms with Crippen molar-refractivity contribution in [3.63, 3.8) is 0 Å². The minimum atomic E-state index is 0.586. The minimum absolute atomic E-state index is 0.586. The third-order valence-corrected chi connectivity index (χ3v) is 3.23. The normalized spacial score (nSPS) is 18.2. The van der Waals surface area contributed by atoms with Crippen molar-refractivity contribution >= 4 is 11.8 Å². The predicted molar refractivity (Wildman–Crippen MR) is 79.2 cm³/mol. The Morgan fingerprint density at radius 2 is 2.40 bits per heavy atom. The first-order chi connectivity index (χ1) is 9.75. The number of anilines is 2. The van der Waals surface area contributed by atoms with Crippen molar-refractivity contribution in [2.75, 3.05) is 57.3 Å². The lowest BCUT2D eigenvalue weighted by atomic mass is 10.1. The Labute approximate surface area is 120 Å². The first kappa shape index (κ1) is 15.0. The number of nitrogens with zero attached hydrogens (tertiary/aromatic N) is 3. The fourth-order valence-electron chi connectivity index (χ4n) is 2.02. The molecule has 0 aliphatic carbocycles. The van der Waals surface area contributed by atoms with Gasteiger partial charge in [-0.15, -0.1) is 0 Å². The van der Waals surface area contributed by atoms with Gasteiger partial charge in [-0.25, -0.2) is 4.98 Å². The van der Waals surface area contributed by atoms with E-state index >= 15 is 0 Å². The summed E-state index contributed by atoms with van der Waals surface area (Å²) >= 11 is 0. The molecule has 1 aliphatic rings. The second-order valence-electron chi connectivity index (χ2n) is 5.22. The molecule has 1 saturated heterocycles. The van der Waals surface area contributed by atoms with Gasteiger partial charge < -0.3 is 19.7 Å². The smallest absolute Gasteiger partial charge is 0.224 e. The molecule has 0 radical (unpaired) electrons. The van der Waals surface area contributed by atoms with Gasteiger partial charge in [-0.1, -0.05) is 0 Å². The van der Waals surface area contributed by atoms with Crippen molar-refractivity contribution < 1.29 is 9.47 Å². The highest BCUT2D eigenvalue weighted by atomic mass is 16.5. The summed E-state index contributed by atoms with van der Waals surface area (Å²) in [6, 6.07) is 1.89. The number of ether oxygens (including phenoxy) is 2. The van der Waals surface area contributed by atoms with Crippen LogP contribution in [0.3, 0.4) is 0 Å². The second-order valence-corrected chi connectivity index (χ2v) is 5.22. The van der Waals surface area contributed by atoms with Crippen LogP contribution in [0.25, 0.3) is 0 Å². The van der Waals surface area contributed by atoms with Crippen LogP contribution < -0.4 is 10.2 Å². The molecule has 6 heteroatoms. The molecule has 2 heterocycles. The van der Waals surface area contributed by atoms with Crippen LogP contribution in [-0.4, -0.2) is 57.0 Å². The molecule has 1 fully saturated rings. The van der Waals surface area contributed by atoms with Crippen LogP contribution in [0.1, 0.15) is 12.8 Å². The van der Waals surface area contributed by atoms with Crippen molar-refractivity contribution in [2.45, 2.75) is 12.8 Å². The molecule has 1 atom stereocenters. The summed E-state index contributed by atoms with van der Waals surface area (Å²) in [6.07, 6.45) is 3.84. The summed E-state index contributed by atoms with van der Waals surface area (Å²) in [5, 5.41) is 3.21. The molecule has 112 valence electrons. The highest BCUT2D eigenvalue weighted by molar-refractivity contribution is 5.40. The van der Waals surface area contributed by atoms with Crippen LogP contribution in [0.4, 0.5) is 11.8 Å². The fourth-order valence-corrected chi connectivity index (χ4v) is 2.02. The number of aromatic nitrogens is 2. The van der Waals surface area contributed by atoms with E-state index in [4.69, 9.17) is 9.47 Å². The summed E-state index contributed by atoms with van der Waals surface area (Å²) in [5.74, 6) is 2.16. The molecule has 0 amide bonds. The van der Waals surface area contributed by atoms with E-state index in [-0.39, 0.29) is 0 Å². The Bertz CT molecular complexity index is 395. The number of hydrogen-bond donors (Lipinski definition) is 1. The van der Waals surface area contributed by atoms with Crippen LogP contribution in [-0.2, 0) is 9.47 Å². The van der Waals surface area contributed by atoms with Gasteiger partial charge in [0.2, 0.25) is 5.95 Å². The Kier molecular flexibility index (Phi) is 6.01. The molecule has 2 rings (SSSR count). The summed E-state index contributed by atoms with van der Waals surface area (Å²) in [7, 11) is 3.93. The summed E-state index contributed by atoms with van der Waals surface area (Å²) in [6.45, 7) is 4.13. The lowest BCUT2D eigenvalue weighted by molar-refractivity contribution is 0.0897. The quantitative estimate of drug-likeness (QED) is 0.726. The van der Waals surface area contributed by atoms with E-state index in [1.165, 1.54) is 0 Å². The molecule has 1 aromatic heterocycles. The van der Waals surface area contributed by atoms with E-state index in [9.17, 15) is 0 Å². The SMILES string of the molecule is CN(C)c1ccnc(NCCCOC[C@@H]2CCOC2)n1. The van der Waals surface area contributed by atoms with E-state index in [0.29, 0.717) is 11.9 Å². The zero-order chi connectivity index (χ0) is 14.2. The van der Waals surface area contributed by atoms with E-state index in [0.717, 1.165) is 51.6 Å². The third-order valence-electron chi connectivity index (χ3n) is 3.23. The zero-order valence-electron chi connectivity index (χ0n) is 12.3. The molecular formula is C14H24N4O2. The molecule has 6 nitrogen and oxygen atoms in total. The van der Waals surface area contributed by atoms with Crippen molar-refractivity contribution in [1.82, 2.24) is 9.97 Å². The molecule has 1 aliphatic heterocycles. The van der Waals surface area contributed by atoms with Gasteiger partial charge >= 0.3 is 0 Å². The molecule has 20 heavy (non-hydrogen) atoms. The van der Waals surface area contributed by atoms with Crippen LogP contribution in [0.2, 0.25) is 0 Å². The van der Waals surface area contributed by atoms with Crippen molar-refractivity contribution in [3.8, 4) is 0 Å². The van der Waals surface area contributed by atoms with Gasteiger partial charge in [0.15, 0.2) is 0 Å². The number of rotatable bonds is 8. The Morgan fingerprint density at radius 3 is 3.15 bits per heavy atom. The largest absolute Gasteiger partial charge is 0.381 e. The average molecular weight is 280 g/mol. The molecule has 0 unspecified atom stereocenters. The van der Waals surface area contributed by atoms with Gasteiger partial charge in [-0.2, -0.15) is 4.98 Å². The van der Waals surface area contributed by atoms with Gasteiger partial charge in [-0.3, -0.25) is 0 Å². The average Bonchev–Trinajstić information content (AvgIpc) is 2.96. The predicted octanol–water partition coefficient (Wildman–Crippen LogP) is 1.40. The van der Waals surface area contributed by atoms with Crippen LogP contribution in [0.5, 0.6) is 0 Å². The highest BCUT2D eigenvalue weighted by Crippen LogP contribution is 2.12. The first-order valence-electron chi connectivity index (χ1n) is 7.15. The van der Waals surface area contributed by atoms with Crippen LogP contribution in [0, 0.1) is 5.92 Å². The first-order valence-corrected chi connectivity index (χ1v) is 7.15. The summed E-state index contributed by atoms with van der Waals surface area (Å²) in [4.78, 5) is 10.6. The minimum Gasteiger partial charge on any atom is -0.381 e. The Morgan fingerprint density at radius 1 is 1.50 bits per heavy atom. The number of hydrogen-bond acceptors (Lipinski definition) is 6.